The Kier molecular flexibility index (Phi) is 6.13. The number of hydrogen-bond acceptors (Lipinski definition) is 3. The molecule has 32 heavy (non-hydrogen) atoms. The van der Waals surface area contributed by atoms with E-state index in [1.165, 1.54) is 4.90 Å². The van der Waals surface area contributed by atoms with Crippen LogP contribution >= 0.6 is 0 Å². The predicted molar refractivity (Wildman–Crippen MR) is 111 cm³/mol. The fourth-order valence-electron chi connectivity index (χ4n) is 4.31. The summed E-state index contributed by atoms with van der Waals surface area (Å²) in [7, 11) is 0. The number of carboxylic acids is 1. The van der Waals surface area contributed by atoms with Crippen LogP contribution in [-0.4, -0.2) is 47.3 Å². The van der Waals surface area contributed by atoms with Gasteiger partial charge in [0.05, 0.1) is 17.9 Å². The van der Waals surface area contributed by atoms with E-state index in [1.807, 2.05) is 24.3 Å². The van der Waals surface area contributed by atoms with Crippen LogP contribution in [0, 0.1) is 11.8 Å². The highest BCUT2D eigenvalue weighted by molar-refractivity contribution is 6.01. The Morgan fingerprint density at radius 2 is 1.56 bits per heavy atom. The number of carbonyl (C=O) groups is 2. The van der Waals surface area contributed by atoms with Crippen LogP contribution in [0.2, 0.25) is 0 Å². The number of rotatable bonds is 5. The van der Waals surface area contributed by atoms with Gasteiger partial charge >= 0.3 is 12.1 Å². The van der Waals surface area contributed by atoms with Crippen molar-refractivity contribution >= 4 is 11.9 Å². The normalized spacial score (nSPS) is 21.7. The molecule has 0 aromatic heterocycles. The van der Waals surface area contributed by atoms with Crippen LogP contribution in [0.4, 0.5) is 13.2 Å². The van der Waals surface area contributed by atoms with Crippen molar-refractivity contribution < 1.29 is 32.6 Å². The topological polar surface area (TPSA) is 66.8 Å². The summed E-state index contributed by atoms with van der Waals surface area (Å²) in [6.45, 7) is 0.401. The zero-order valence-electron chi connectivity index (χ0n) is 17.3. The molecule has 5 nitrogen and oxygen atoms in total. The summed E-state index contributed by atoms with van der Waals surface area (Å²) in [4.78, 5) is 25.4. The first-order valence-electron chi connectivity index (χ1n) is 10.7. The van der Waals surface area contributed by atoms with Crippen LogP contribution in [0.15, 0.2) is 48.5 Å². The molecule has 0 atom stereocenters. The van der Waals surface area contributed by atoms with Gasteiger partial charge in [0.15, 0.2) is 0 Å². The molecule has 1 saturated heterocycles. The summed E-state index contributed by atoms with van der Waals surface area (Å²) in [5.41, 5.74) is 2.03. The van der Waals surface area contributed by atoms with Crippen molar-refractivity contribution in [3.63, 3.8) is 0 Å². The van der Waals surface area contributed by atoms with Crippen molar-refractivity contribution in [2.45, 2.75) is 38.0 Å². The smallest absolute Gasteiger partial charge is 0.391 e. The molecule has 1 aliphatic heterocycles. The lowest BCUT2D eigenvalue weighted by molar-refractivity contribution is -0.185. The molecule has 2 aliphatic rings. The van der Waals surface area contributed by atoms with Crippen molar-refractivity contribution in [1.82, 2.24) is 4.90 Å². The molecule has 1 saturated carbocycles. The van der Waals surface area contributed by atoms with Gasteiger partial charge < -0.3 is 14.7 Å². The number of carbonyl (C=O) groups excluding carboxylic acids is 1. The lowest BCUT2D eigenvalue weighted by Crippen LogP contribution is -2.53. The number of nitrogens with zero attached hydrogens (tertiary/aromatic N) is 1. The molecule has 8 heteroatoms. The minimum absolute atomic E-state index is 0.0843. The van der Waals surface area contributed by atoms with Gasteiger partial charge in [0.1, 0.15) is 5.75 Å². The molecular formula is C24H24F3NO4. The molecule has 1 heterocycles. The second-order valence-electron chi connectivity index (χ2n) is 8.45. The first-order chi connectivity index (χ1) is 15.2. The average molecular weight is 447 g/mol. The number of amides is 1. The maximum absolute atomic E-state index is 12.8. The predicted octanol–water partition coefficient (Wildman–Crippen LogP) is 5.01. The molecule has 1 amide bonds. The van der Waals surface area contributed by atoms with E-state index in [4.69, 9.17) is 9.84 Å². The quantitative estimate of drug-likeness (QED) is 0.700. The SMILES string of the molecule is O=C(O)C1CN(C(=O)c2ccccc2-c2ccc(OC3CCC(C(F)(F)F)CC3)cc2)C1. The molecule has 2 fully saturated rings. The van der Waals surface area contributed by atoms with Gasteiger partial charge in [-0.1, -0.05) is 30.3 Å². The lowest BCUT2D eigenvalue weighted by Gasteiger charge is -2.37. The zero-order valence-corrected chi connectivity index (χ0v) is 17.3. The Hall–Kier alpha value is -3.03. The van der Waals surface area contributed by atoms with E-state index in [0.717, 1.165) is 11.1 Å². The molecule has 1 aliphatic carbocycles. The minimum atomic E-state index is -4.14. The van der Waals surface area contributed by atoms with Crippen molar-refractivity contribution in [3.8, 4) is 16.9 Å². The number of benzene rings is 2. The number of alkyl halides is 3. The summed E-state index contributed by atoms with van der Waals surface area (Å²) in [5, 5.41) is 9.03. The lowest BCUT2D eigenvalue weighted by atomic mass is 9.87. The third kappa shape index (κ3) is 4.74. The number of halogens is 3. The Labute approximate surface area is 183 Å². The summed E-state index contributed by atoms with van der Waals surface area (Å²) < 4.78 is 44.4. The van der Waals surface area contributed by atoms with Gasteiger partial charge in [0.25, 0.3) is 5.91 Å². The van der Waals surface area contributed by atoms with E-state index < -0.39 is 24.0 Å². The summed E-state index contributed by atoms with van der Waals surface area (Å²) >= 11 is 0. The first-order valence-corrected chi connectivity index (χ1v) is 10.7. The Balaban J connectivity index is 1.41. The van der Waals surface area contributed by atoms with Gasteiger partial charge in [-0.05, 0) is 55.0 Å². The number of aliphatic carboxylic acids is 1. The van der Waals surface area contributed by atoms with Crippen molar-refractivity contribution in [2.75, 3.05) is 13.1 Å². The molecule has 2 aromatic carbocycles. The van der Waals surface area contributed by atoms with Crippen LogP contribution in [0.1, 0.15) is 36.0 Å². The Bertz CT molecular complexity index is 975. The largest absolute Gasteiger partial charge is 0.490 e. The molecule has 170 valence electrons. The van der Waals surface area contributed by atoms with E-state index in [2.05, 4.69) is 0 Å². The van der Waals surface area contributed by atoms with Crippen LogP contribution in [-0.2, 0) is 4.79 Å². The van der Waals surface area contributed by atoms with E-state index in [9.17, 15) is 22.8 Å². The average Bonchev–Trinajstić information content (AvgIpc) is 2.73. The molecule has 0 bridgehead atoms. The maximum atomic E-state index is 12.8. The fraction of sp³-hybridized carbons (Fsp3) is 0.417. The monoisotopic (exact) mass is 447 g/mol. The summed E-state index contributed by atoms with van der Waals surface area (Å²) in [5.74, 6) is -2.28. The van der Waals surface area contributed by atoms with Crippen molar-refractivity contribution in [1.29, 1.82) is 0 Å². The first kappa shape index (κ1) is 22.2. The van der Waals surface area contributed by atoms with Crippen molar-refractivity contribution in [2.24, 2.45) is 11.8 Å². The second-order valence-corrected chi connectivity index (χ2v) is 8.45. The standard InChI is InChI=1S/C24H24F3NO4/c25-24(26,27)17-7-11-19(12-8-17)32-18-9-5-15(6-10-18)20-3-1-2-4-21(20)22(29)28-13-16(14-28)23(30)31/h1-6,9-10,16-17,19H,7-8,11-14H2,(H,30,31). The number of likely N-dealkylation sites (tertiary alicyclic amines) is 1. The summed E-state index contributed by atoms with van der Waals surface area (Å²) in [6.07, 6.45) is -3.46. The third-order valence-electron chi connectivity index (χ3n) is 6.28. The van der Waals surface area contributed by atoms with Crippen LogP contribution in [0.25, 0.3) is 11.1 Å². The van der Waals surface area contributed by atoms with E-state index in [-0.39, 0.29) is 37.9 Å². The van der Waals surface area contributed by atoms with Crippen LogP contribution in [0.3, 0.4) is 0 Å². The Morgan fingerprint density at radius 3 is 2.16 bits per heavy atom. The Morgan fingerprint density at radius 1 is 0.938 bits per heavy atom. The molecular weight excluding hydrogens is 423 g/mol. The minimum Gasteiger partial charge on any atom is -0.490 e. The van der Waals surface area contributed by atoms with Gasteiger partial charge in [-0.15, -0.1) is 0 Å². The van der Waals surface area contributed by atoms with Gasteiger partial charge in [0.2, 0.25) is 0 Å². The second kappa shape index (κ2) is 8.84. The van der Waals surface area contributed by atoms with Gasteiger partial charge in [-0.2, -0.15) is 13.2 Å². The zero-order chi connectivity index (χ0) is 22.9. The van der Waals surface area contributed by atoms with E-state index in [1.54, 1.807) is 24.3 Å². The van der Waals surface area contributed by atoms with Crippen LogP contribution in [0.5, 0.6) is 5.75 Å². The molecule has 2 aromatic rings. The molecule has 0 spiro atoms. The number of carboxylic acid groups (broad SMARTS) is 1. The highest BCUT2D eigenvalue weighted by Crippen LogP contribution is 2.38. The highest BCUT2D eigenvalue weighted by atomic mass is 19.4. The number of ether oxygens (including phenoxy) is 1. The number of hydrogen-bond donors (Lipinski definition) is 1. The van der Waals surface area contributed by atoms with Gasteiger partial charge in [0, 0.05) is 18.7 Å². The van der Waals surface area contributed by atoms with E-state index >= 15 is 0 Å². The van der Waals surface area contributed by atoms with Gasteiger partial charge in [-0.25, -0.2) is 0 Å². The van der Waals surface area contributed by atoms with E-state index in [0.29, 0.717) is 24.2 Å². The molecule has 4 rings (SSSR count). The molecule has 0 radical (unpaired) electrons. The highest BCUT2D eigenvalue weighted by Gasteiger charge is 2.41. The molecule has 0 unspecified atom stereocenters. The van der Waals surface area contributed by atoms with Crippen LogP contribution < -0.4 is 4.74 Å². The third-order valence-corrected chi connectivity index (χ3v) is 6.28. The molecule has 1 N–H and O–H groups in total. The fourth-order valence-corrected chi connectivity index (χ4v) is 4.31. The van der Waals surface area contributed by atoms with Crippen molar-refractivity contribution in [3.05, 3.63) is 54.1 Å². The van der Waals surface area contributed by atoms with Gasteiger partial charge in [-0.3, -0.25) is 9.59 Å². The summed E-state index contributed by atoms with van der Waals surface area (Å²) in [6, 6.07) is 14.3. The maximum Gasteiger partial charge on any atom is 0.391 e.